The number of aromatic hydroxyl groups is 1. The van der Waals surface area contributed by atoms with Crippen molar-refractivity contribution in [2.24, 2.45) is 0 Å². The number of rotatable bonds is 2. The third-order valence-electron chi connectivity index (χ3n) is 3.16. The number of nitrogens with zero attached hydrogens (tertiary/aromatic N) is 2. The van der Waals surface area contributed by atoms with Crippen LogP contribution in [0.4, 0.5) is 11.4 Å². The number of benzene rings is 1. The van der Waals surface area contributed by atoms with Gasteiger partial charge in [-0.05, 0) is 49.7 Å². The second-order valence-electron chi connectivity index (χ2n) is 4.83. The van der Waals surface area contributed by atoms with Crippen molar-refractivity contribution < 1.29 is 5.11 Å². The summed E-state index contributed by atoms with van der Waals surface area (Å²) in [7, 11) is 0. The first-order valence-electron chi connectivity index (χ1n) is 6.42. The quantitative estimate of drug-likeness (QED) is 0.694. The van der Waals surface area contributed by atoms with Crippen molar-refractivity contribution in [2.45, 2.75) is 13.8 Å². The lowest BCUT2D eigenvalue weighted by Crippen LogP contribution is -1.95. The van der Waals surface area contributed by atoms with Crippen LogP contribution in [0, 0.1) is 13.8 Å². The number of phenolic OH excluding ortho intramolecular Hbond substituents is 1. The predicted octanol–water partition coefficient (Wildman–Crippen LogP) is 3.70. The van der Waals surface area contributed by atoms with Gasteiger partial charge in [0.25, 0.3) is 0 Å². The second-order valence-corrected chi connectivity index (χ2v) is 4.83. The molecule has 0 atom stereocenters. The number of hydrogen-bond acceptors (Lipinski definition) is 4. The van der Waals surface area contributed by atoms with Crippen molar-refractivity contribution in [2.75, 3.05) is 5.32 Å². The molecular weight excluding hydrogens is 250 g/mol. The van der Waals surface area contributed by atoms with Crippen molar-refractivity contribution >= 4 is 22.4 Å². The molecule has 0 unspecified atom stereocenters. The molecule has 4 nitrogen and oxygen atoms in total. The number of phenols is 1. The Balaban J connectivity index is 2.09. The topological polar surface area (TPSA) is 58.0 Å². The van der Waals surface area contributed by atoms with Crippen molar-refractivity contribution in [3.63, 3.8) is 0 Å². The number of pyridine rings is 2. The third-order valence-corrected chi connectivity index (χ3v) is 3.16. The van der Waals surface area contributed by atoms with Gasteiger partial charge in [-0.2, -0.15) is 0 Å². The molecule has 0 fully saturated rings. The molecule has 0 amide bonds. The van der Waals surface area contributed by atoms with E-state index in [2.05, 4.69) is 15.3 Å². The van der Waals surface area contributed by atoms with E-state index in [1.807, 2.05) is 44.2 Å². The fourth-order valence-corrected chi connectivity index (χ4v) is 2.13. The highest BCUT2D eigenvalue weighted by molar-refractivity contribution is 5.91. The molecule has 3 rings (SSSR count). The molecule has 0 bridgehead atoms. The van der Waals surface area contributed by atoms with E-state index < -0.39 is 0 Å². The van der Waals surface area contributed by atoms with Crippen LogP contribution < -0.4 is 5.32 Å². The van der Waals surface area contributed by atoms with E-state index in [4.69, 9.17) is 0 Å². The molecule has 0 radical (unpaired) electrons. The number of nitrogens with one attached hydrogen (secondary N) is 1. The summed E-state index contributed by atoms with van der Waals surface area (Å²) in [6, 6.07) is 11.3. The van der Waals surface area contributed by atoms with Gasteiger partial charge < -0.3 is 10.4 Å². The van der Waals surface area contributed by atoms with E-state index >= 15 is 0 Å². The van der Waals surface area contributed by atoms with Gasteiger partial charge in [-0.25, -0.2) is 9.97 Å². The largest absolute Gasteiger partial charge is 0.506 e. The Morgan fingerprint density at radius 3 is 2.70 bits per heavy atom. The lowest BCUT2D eigenvalue weighted by atomic mass is 10.2. The summed E-state index contributed by atoms with van der Waals surface area (Å²) in [6.07, 6.45) is 1.71. The minimum Gasteiger partial charge on any atom is -0.506 e. The molecule has 0 aliphatic carbocycles. The lowest BCUT2D eigenvalue weighted by molar-refractivity contribution is 0.477. The van der Waals surface area contributed by atoms with Crippen LogP contribution in [0.1, 0.15) is 11.3 Å². The summed E-state index contributed by atoms with van der Waals surface area (Å²) < 4.78 is 0. The standard InChI is InChI=1S/C16H15N3O/c1-10-3-6-15(20)14(9-10)19-13-7-8-17-16-12(13)5-4-11(2)18-16/h3-9,20H,1-2H3,(H,17,18,19). The third kappa shape index (κ3) is 2.28. The van der Waals surface area contributed by atoms with Gasteiger partial charge in [0.1, 0.15) is 5.75 Å². The Labute approximate surface area is 117 Å². The van der Waals surface area contributed by atoms with Crippen LogP contribution in [0.3, 0.4) is 0 Å². The first kappa shape index (κ1) is 12.4. The van der Waals surface area contributed by atoms with E-state index in [0.29, 0.717) is 11.3 Å². The Kier molecular flexibility index (Phi) is 2.99. The molecule has 0 saturated carbocycles. The van der Waals surface area contributed by atoms with Crippen molar-refractivity contribution in [3.05, 3.63) is 53.9 Å². The number of aromatic nitrogens is 2. The van der Waals surface area contributed by atoms with Crippen molar-refractivity contribution in [1.29, 1.82) is 0 Å². The molecule has 20 heavy (non-hydrogen) atoms. The van der Waals surface area contributed by atoms with Crippen LogP contribution in [-0.2, 0) is 0 Å². The molecule has 2 N–H and O–H groups in total. The molecular formula is C16H15N3O. The van der Waals surface area contributed by atoms with E-state index in [-0.39, 0.29) is 5.75 Å². The van der Waals surface area contributed by atoms with Crippen molar-refractivity contribution in [3.8, 4) is 5.75 Å². The Morgan fingerprint density at radius 1 is 1.00 bits per heavy atom. The number of aryl methyl sites for hydroxylation is 2. The van der Waals surface area contributed by atoms with Gasteiger partial charge in [0.2, 0.25) is 0 Å². The lowest BCUT2D eigenvalue weighted by Gasteiger charge is -2.11. The monoisotopic (exact) mass is 265 g/mol. The summed E-state index contributed by atoms with van der Waals surface area (Å²) in [5.41, 5.74) is 4.27. The maximum atomic E-state index is 9.92. The molecule has 1 aromatic carbocycles. The number of fused-ring (bicyclic) bond motifs is 1. The minimum atomic E-state index is 0.223. The fraction of sp³-hybridized carbons (Fsp3) is 0.125. The molecule has 2 heterocycles. The van der Waals surface area contributed by atoms with Crippen LogP contribution in [0.5, 0.6) is 5.75 Å². The minimum absolute atomic E-state index is 0.223. The Bertz CT molecular complexity index is 784. The highest BCUT2D eigenvalue weighted by atomic mass is 16.3. The highest BCUT2D eigenvalue weighted by Crippen LogP contribution is 2.30. The average Bonchev–Trinajstić information content (AvgIpc) is 2.43. The van der Waals surface area contributed by atoms with Gasteiger partial charge in [0.05, 0.1) is 11.4 Å². The van der Waals surface area contributed by atoms with Crippen molar-refractivity contribution in [1.82, 2.24) is 9.97 Å². The molecule has 0 saturated heterocycles. The second kappa shape index (κ2) is 4.81. The van der Waals surface area contributed by atoms with Gasteiger partial charge >= 0.3 is 0 Å². The van der Waals surface area contributed by atoms with Crippen LogP contribution in [0.25, 0.3) is 11.0 Å². The zero-order valence-corrected chi connectivity index (χ0v) is 11.4. The molecule has 100 valence electrons. The molecule has 3 aromatic rings. The van der Waals surface area contributed by atoms with E-state index in [0.717, 1.165) is 22.3 Å². The summed E-state index contributed by atoms with van der Waals surface area (Å²) in [5.74, 6) is 0.223. The van der Waals surface area contributed by atoms with Crippen LogP contribution in [0.2, 0.25) is 0 Å². The summed E-state index contributed by atoms with van der Waals surface area (Å²) in [6.45, 7) is 3.92. The smallest absolute Gasteiger partial charge is 0.161 e. The van der Waals surface area contributed by atoms with Gasteiger partial charge in [-0.3, -0.25) is 0 Å². The van der Waals surface area contributed by atoms with Crippen LogP contribution in [-0.4, -0.2) is 15.1 Å². The normalized spacial score (nSPS) is 10.7. The first-order chi connectivity index (χ1) is 9.63. The summed E-state index contributed by atoms with van der Waals surface area (Å²) >= 11 is 0. The molecule has 4 heteroatoms. The SMILES string of the molecule is Cc1ccc(O)c(Nc2ccnc3nc(C)ccc23)c1. The van der Waals surface area contributed by atoms with Gasteiger partial charge in [-0.15, -0.1) is 0 Å². The maximum Gasteiger partial charge on any atom is 0.161 e. The van der Waals surface area contributed by atoms with Crippen LogP contribution in [0.15, 0.2) is 42.6 Å². The molecule has 0 spiro atoms. The maximum absolute atomic E-state index is 9.92. The Morgan fingerprint density at radius 2 is 1.85 bits per heavy atom. The fourth-order valence-electron chi connectivity index (χ4n) is 2.13. The number of anilines is 2. The first-order valence-corrected chi connectivity index (χ1v) is 6.42. The summed E-state index contributed by atoms with van der Waals surface area (Å²) in [4.78, 5) is 8.67. The highest BCUT2D eigenvalue weighted by Gasteiger charge is 2.06. The summed E-state index contributed by atoms with van der Waals surface area (Å²) in [5, 5.41) is 14.1. The Hall–Kier alpha value is -2.62. The zero-order chi connectivity index (χ0) is 14.1. The molecule has 0 aliphatic rings. The van der Waals surface area contributed by atoms with Gasteiger partial charge in [0.15, 0.2) is 5.65 Å². The number of hydrogen-bond donors (Lipinski definition) is 2. The van der Waals surface area contributed by atoms with Gasteiger partial charge in [-0.1, -0.05) is 6.07 Å². The predicted molar refractivity (Wildman–Crippen MR) is 80.4 cm³/mol. The van der Waals surface area contributed by atoms with Crippen LogP contribution >= 0.6 is 0 Å². The van der Waals surface area contributed by atoms with E-state index in [1.165, 1.54) is 0 Å². The zero-order valence-electron chi connectivity index (χ0n) is 11.4. The van der Waals surface area contributed by atoms with E-state index in [9.17, 15) is 5.11 Å². The molecule has 2 aromatic heterocycles. The average molecular weight is 265 g/mol. The molecule has 0 aliphatic heterocycles. The van der Waals surface area contributed by atoms with E-state index in [1.54, 1.807) is 12.3 Å². The van der Waals surface area contributed by atoms with Gasteiger partial charge in [0, 0.05) is 17.3 Å².